The minimum atomic E-state index is -0.681. The van der Waals surface area contributed by atoms with E-state index in [-0.39, 0.29) is 12.5 Å². The van der Waals surface area contributed by atoms with Crippen LogP contribution in [0.4, 0.5) is 0 Å². The lowest BCUT2D eigenvalue weighted by Crippen LogP contribution is -2.43. The third-order valence-corrected chi connectivity index (χ3v) is 3.88. The second-order valence-corrected chi connectivity index (χ2v) is 5.77. The molecule has 0 unspecified atom stereocenters. The summed E-state index contributed by atoms with van der Waals surface area (Å²) >= 11 is 0. The predicted molar refractivity (Wildman–Crippen MR) is 72.8 cm³/mol. The van der Waals surface area contributed by atoms with Crippen molar-refractivity contribution < 1.29 is 9.90 Å². The number of carbonyl (C=O) groups is 1. The molecule has 0 atom stereocenters. The first-order chi connectivity index (χ1) is 8.89. The van der Waals surface area contributed by atoms with Crippen molar-refractivity contribution >= 4 is 5.91 Å². The van der Waals surface area contributed by atoms with Gasteiger partial charge >= 0.3 is 0 Å². The first-order valence-corrected chi connectivity index (χ1v) is 6.87. The Hall–Kier alpha value is -1.36. The number of aromatic nitrogens is 2. The number of likely N-dealkylation sites (N-methyl/N-ethyl adjacent to an activating group) is 1. The van der Waals surface area contributed by atoms with E-state index < -0.39 is 5.60 Å². The number of nitrogens with zero attached hydrogens (tertiary/aromatic N) is 3. The summed E-state index contributed by atoms with van der Waals surface area (Å²) in [7, 11) is 1.75. The van der Waals surface area contributed by atoms with Gasteiger partial charge in [-0.05, 0) is 32.8 Å². The minimum Gasteiger partial charge on any atom is -0.388 e. The van der Waals surface area contributed by atoms with E-state index in [4.69, 9.17) is 0 Å². The third-order valence-electron chi connectivity index (χ3n) is 3.88. The Balaban J connectivity index is 1.94. The van der Waals surface area contributed by atoms with Crippen LogP contribution in [0.2, 0.25) is 0 Å². The number of hydrogen-bond acceptors (Lipinski definition) is 3. The van der Waals surface area contributed by atoms with Gasteiger partial charge in [-0.15, -0.1) is 0 Å². The van der Waals surface area contributed by atoms with E-state index in [0.717, 1.165) is 37.1 Å². The second-order valence-electron chi connectivity index (χ2n) is 5.77. The van der Waals surface area contributed by atoms with Crippen LogP contribution >= 0.6 is 0 Å². The summed E-state index contributed by atoms with van der Waals surface area (Å²) in [5, 5.41) is 14.6. The fraction of sp³-hybridized carbons (Fsp3) is 0.714. The fourth-order valence-electron chi connectivity index (χ4n) is 2.80. The van der Waals surface area contributed by atoms with Crippen molar-refractivity contribution in [2.75, 3.05) is 13.6 Å². The van der Waals surface area contributed by atoms with Crippen molar-refractivity contribution in [2.24, 2.45) is 0 Å². The van der Waals surface area contributed by atoms with Gasteiger partial charge in [0.25, 0.3) is 0 Å². The van der Waals surface area contributed by atoms with E-state index in [1.807, 2.05) is 19.9 Å². The van der Waals surface area contributed by atoms with Gasteiger partial charge < -0.3 is 10.0 Å². The summed E-state index contributed by atoms with van der Waals surface area (Å²) in [6.45, 7) is 4.52. The zero-order chi connectivity index (χ0) is 14.0. The van der Waals surface area contributed by atoms with Gasteiger partial charge in [-0.3, -0.25) is 9.48 Å². The van der Waals surface area contributed by atoms with Crippen LogP contribution in [0, 0.1) is 13.8 Å². The Kier molecular flexibility index (Phi) is 3.94. The molecular weight excluding hydrogens is 242 g/mol. The lowest BCUT2D eigenvalue weighted by molar-refractivity contribution is -0.134. The number of aryl methyl sites for hydroxylation is 2. The SMILES string of the molecule is Cc1cc(C)n(CC(=O)N(C)CC2(O)CCCC2)n1. The van der Waals surface area contributed by atoms with Crippen LogP contribution < -0.4 is 0 Å². The number of hydrogen-bond donors (Lipinski definition) is 1. The highest BCUT2D eigenvalue weighted by Gasteiger charge is 2.33. The maximum atomic E-state index is 12.2. The van der Waals surface area contributed by atoms with Crippen LogP contribution in [-0.2, 0) is 11.3 Å². The van der Waals surface area contributed by atoms with Gasteiger partial charge in [0.1, 0.15) is 6.54 Å². The van der Waals surface area contributed by atoms with Crippen molar-refractivity contribution in [2.45, 2.75) is 51.7 Å². The molecule has 1 aliphatic carbocycles. The first-order valence-electron chi connectivity index (χ1n) is 6.87. The van der Waals surface area contributed by atoms with Gasteiger partial charge in [-0.1, -0.05) is 12.8 Å². The molecule has 0 saturated heterocycles. The number of carbonyl (C=O) groups excluding carboxylic acids is 1. The van der Waals surface area contributed by atoms with Crippen LogP contribution in [-0.4, -0.2) is 44.9 Å². The van der Waals surface area contributed by atoms with E-state index in [2.05, 4.69) is 5.10 Å². The molecule has 0 spiro atoms. The van der Waals surface area contributed by atoms with Gasteiger partial charge in [0, 0.05) is 19.3 Å². The summed E-state index contributed by atoms with van der Waals surface area (Å²) in [5.41, 5.74) is 1.22. The molecule has 0 bridgehead atoms. The smallest absolute Gasteiger partial charge is 0.244 e. The normalized spacial score (nSPS) is 17.7. The number of amides is 1. The quantitative estimate of drug-likeness (QED) is 0.891. The van der Waals surface area contributed by atoms with Crippen LogP contribution in [0.1, 0.15) is 37.1 Å². The molecule has 0 radical (unpaired) electrons. The maximum Gasteiger partial charge on any atom is 0.244 e. The van der Waals surface area contributed by atoms with Gasteiger partial charge in [-0.25, -0.2) is 0 Å². The van der Waals surface area contributed by atoms with Crippen molar-refractivity contribution in [1.29, 1.82) is 0 Å². The highest BCUT2D eigenvalue weighted by molar-refractivity contribution is 5.75. The van der Waals surface area contributed by atoms with Crippen molar-refractivity contribution in [3.05, 3.63) is 17.5 Å². The predicted octanol–water partition coefficient (Wildman–Crippen LogP) is 1.26. The van der Waals surface area contributed by atoms with Gasteiger partial charge in [0.2, 0.25) is 5.91 Å². The molecule has 1 N–H and O–H groups in total. The molecule has 1 fully saturated rings. The van der Waals surface area contributed by atoms with Gasteiger partial charge in [0.15, 0.2) is 0 Å². The molecule has 19 heavy (non-hydrogen) atoms. The van der Waals surface area contributed by atoms with E-state index in [9.17, 15) is 9.90 Å². The minimum absolute atomic E-state index is 0.00785. The monoisotopic (exact) mass is 265 g/mol. The summed E-state index contributed by atoms with van der Waals surface area (Å²) in [6.07, 6.45) is 3.70. The van der Waals surface area contributed by atoms with E-state index in [0.29, 0.717) is 6.54 Å². The molecule has 2 rings (SSSR count). The maximum absolute atomic E-state index is 12.2. The Morgan fingerprint density at radius 1 is 1.47 bits per heavy atom. The van der Waals surface area contributed by atoms with Crippen molar-refractivity contribution in [3.63, 3.8) is 0 Å². The summed E-state index contributed by atoms with van der Waals surface area (Å²) in [5.74, 6) is -0.00785. The lowest BCUT2D eigenvalue weighted by atomic mass is 10.0. The van der Waals surface area contributed by atoms with Crippen LogP contribution in [0.3, 0.4) is 0 Å². The molecule has 1 amide bonds. The van der Waals surface area contributed by atoms with Crippen molar-refractivity contribution in [3.8, 4) is 0 Å². The average Bonchev–Trinajstić information content (AvgIpc) is 2.86. The summed E-state index contributed by atoms with van der Waals surface area (Å²) in [4.78, 5) is 13.8. The standard InChI is InChI=1S/C14H23N3O2/c1-11-8-12(2)17(15-11)9-13(18)16(3)10-14(19)6-4-5-7-14/h8,19H,4-7,9-10H2,1-3H3. The zero-order valence-electron chi connectivity index (χ0n) is 12.0. The second kappa shape index (κ2) is 5.33. The van der Waals surface area contributed by atoms with E-state index in [1.54, 1.807) is 16.6 Å². The molecule has 1 aromatic heterocycles. The van der Waals surface area contributed by atoms with Crippen LogP contribution in [0.5, 0.6) is 0 Å². The fourth-order valence-corrected chi connectivity index (χ4v) is 2.80. The van der Waals surface area contributed by atoms with Gasteiger partial charge in [-0.2, -0.15) is 5.10 Å². The molecule has 5 nitrogen and oxygen atoms in total. The highest BCUT2D eigenvalue weighted by atomic mass is 16.3. The summed E-state index contributed by atoms with van der Waals surface area (Å²) in [6, 6.07) is 1.96. The molecule has 1 heterocycles. The molecule has 1 aromatic rings. The van der Waals surface area contributed by atoms with Crippen LogP contribution in [0.15, 0.2) is 6.07 Å². The highest BCUT2D eigenvalue weighted by Crippen LogP contribution is 2.29. The lowest BCUT2D eigenvalue weighted by Gasteiger charge is -2.28. The Morgan fingerprint density at radius 2 is 2.11 bits per heavy atom. The zero-order valence-corrected chi connectivity index (χ0v) is 12.0. The number of rotatable bonds is 4. The number of aliphatic hydroxyl groups is 1. The van der Waals surface area contributed by atoms with Crippen molar-refractivity contribution in [1.82, 2.24) is 14.7 Å². The topological polar surface area (TPSA) is 58.4 Å². The Labute approximate surface area is 114 Å². The molecular formula is C14H23N3O2. The summed E-state index contributed by atoms with van der Waals surface area (Å²) < 4.78 is 1.72. The molecule has 1 saturated carbocycles. The Bertz CT molecular complexity index is 461. The van der Waals surface area contributed by atoms with Gasteiger partial charge in [0.05, 0.1) is 11.3 Å². The average molecular weight is 265 g/mol. The largest absolute Gasteiger partial charge is 0.388 e. The molecule has 0 aliphatic heterocycles. The van der Waals surface area contributed by atoms with Crippen LogP contribution in [0.25, 0.3) is 0 Å². The Morgan fingerprint density at radius 3 is 2.63 bits per heavy atom. The molecule has 106 valence electrons. The third kappa shape index (κ3) is 3.35. The van der Waals surface area contributed by atoms with E-state index >= 15 is 0 Å². The molecule has 5 heteroatoms. The van der Waals surface area contributed by atoms with E-state index in [1.165, 1.54) is 0 Å². The first kappa shape index (κ1) is 14.1. The molecule has 0 aromatic carbocycles. The molecule has 1 aliphatic rings.